The normalized spacial score (nSPS) is 13.7. The van der Waals surface area contributed by atoms with Gasteiger partial charge in [-0.25, -0.2) is 4.98 Å². The van der Waals surface area contributed by atoms with Crippen LogP contribution >= 0.6 is 11.3 Å². The summed E-state index contributed by atoms with van der Waals surface area (Å²) < 4.78 is 5.47. The van der Waals surface area contributed by atoms with Crippen LogP contribution in [0.25, 0.3) is 11.3 Å². The van der Waals surface area contributed by atoms with E-state index in [0.29, 0.717) is 24.4 Å². The van der Waals surface area contributed by atoms with Crippen LogP contribution in [0, 0.1) is 6.92 Å². The van der Waals surface area contributed by atoms with Crippen molar-refractivity contribution in [1.29, 1.82) is 0 Å². The summed E-state index contributed by atoms with van der Waals surface area (Å²) >= 11 is 1.58. The zero-order chi connectivity index (χ0) is 15.7. The third-order valence-electron chi connectivity index (χ3n) is 3.50. The molecule has 1 aliphatic heterocycles. The van der Waals surface area contributed by atoms with E-state index in [4.69, 9.17) is 4.74 Å². The summed E-state index contributed by atoms with van der Waals surface area (Å²) in [5.41, 5.74) is 2.53. The number of anilines is 1. The minimum Gasteiger partial charge on any atom is -0.482 e. The number of rotatable bonds is 4. The molecule has 5 nitrogen and oxygen atoms in total. The monoisotopic (exact) mass is 316 g/mol. The number of nitrogens with zero attached hydrogens (tertiary/aromatic N) is 2. The first-order valence-corrected chi connectivity index (χ1v) is 7.91. The van der Waals surface area contributed by atoms with Crippen LogP contribution in [-0.2, 0) is 9.59 Å². The molecular weight excluding hydrogens is 300 g/mol. The van der Waals surface area contributed by atoms with Crippen molar-refractivity contribution in [3.63, 3.8) is 0 Å². The standard InChI is InChI=1S/C16H16N2O3S/c1-10(19)5-6-18-14-7-12(13-9-22-11(2)17-13)3-4-15(14)21-8-16(18)20/h3-4,7,9H,5-6,8H2,1-2H3. The van der Waals surface area contributed by atoms with Gasteiger partial charge in [0.2, 0.25) is 0 Å². The number of hydrogen-bond acceptors (Lipinski definition) is 5. The van der Waals surface area contributed by atoms with Crippen molar-refractivity contribution in [2.45, 2.75) is 20.3 Å². The zero-order valence-corrected chi connectivity index (χ0v) is 13.3. The van der Waals surface area contributed by atoms with Gasteiger partial charge in [-0.1, -0.05) is 0 Å². The van der Waals surface area contributed by atoms with E-state index in [-0.39, 0.29) is 18.3 Å². The van der Waals surface area contributed by atoms with Gasteiger partial charge in [-0.15, -0.1) is 11.3 Å². The molecule has 114 valence electrons. The number of aryl methyl sites for hydroxylation is 1. The fraction of sp³-hybridized carbons (Fsp3) is 0.312. The summed E-state index contributed by atoms with van der Waals surface area (Å²) in [6.07, 6.45) is 0.339. The van der Waals surface area contributed by atoms with Crippen molar-refractivity contribution in [1.82, 2.24) is 4.98 Å². The Morgan fingerprint density at radius 3 is 2.95 bits per heavy atom. The fourth-order valence-corrected chi connectivity index (χ4v) is 2.99. The molecule has 0 unspecified atom stereocenters. The van der Waals surface area contributed by atoms with Crippen LogP contribution in [-0.4, -0.2) is 29.8 Å². The minimum absolute atomic E-state index is 0.0139. The fourth-order valence-electron chi connectivity index (χ4n) is 2.37. The zero-order valence-electron chi connectivity index (χ0n) is 12.5. The first-order chi connectivity index (χ1) is 10.5. The van der Waals surface area contributed by atoms with Crippen LogP contribution in [0.1, 0.15) is 18.4 Å². The Labute approximate surface area is 132 Å². The van der Waals surface area contributed by atoms with E-state index in [9.17, 15) is 9.59 Å². The van der Waals surface area contributed by atoms with Crippen LogP contribution in [0.15, 0.2) is 23.6 Å². The summed E-state index contributed by atoms with van der Waals surface area (Å²) in [6.45, 7) is 3.88. The smallest absolute Gasteiger partial charge is 0.265 e. The maximum absolute atomic E-state index is 12.1. The lowest BCUT2D eigenvalue weighted by atomic mass is 10.1. The number of fused-ring (bicyclic) bond motifs is 1. The maximum Gasteiger partial charge on any atom is 0.265 e. The molecule has 1 amide bonds. The van der Waals surface area contributed by atoms with Crippen molar-refractivity contribution in [2.75, 3.05) is 18.1 Å². The van der Waals surface area contributed by atoms with Crippen LogP contribution < -0.4 is 9.64 Å². The first-order valence-electron chi connectivity index (χ1n) is 7.04. The molecule has 0 saturated heterocycles. The van der Waals surface area contributed by atoms with Crippen molar-refractivity contribution in [3.8, 4) is 17.0 Å². The van der Waals surface area contributed by atoms with Gasteiger partial charge in [0.1, 0.15) is 11.5 Å². The van der Waals surface area contributed by atoms with Crippen LogP contribution in [0.2, 0.25) is 0 Å². The number of carbonyl (C=O) groups excluding carboxylic acids is 2. The Balaban J connectivity index is 1.97. The molecule has 0 radical (unpaired) electrons. The third kappa shape index (κ3) is 2.87. The molecule has 0 fully saturated rings. The predicted octanol–water partition coefficient (Wildman–Crippen LogP) is 2.82. The molecule has 0 aliphatic carbocycles. The largest absolute Gasteiger partial charge is 0.482 e. The number of carbonyl (C=O) groups is 2. The number of hydrogen-bond donors (Lipinski definition) is 0. The highest BCUT2D eigenvalue weighted by molar-refractivity contribution is 7.09. The molecule has 2 heterocycles. The molecule has 1 aliphatic rings. The molecule has 0 saturated carbocycles. The molecule has 22 heavy (non-hydrogen) atoms. The molecule has 0 atom stereocenters. The van der Waals surface area contributed by atoms with E-state index < -0.39 is 0 Å². The third-order valence-corrected chi connectivity index (χ3v) is 4.28. The Morgan fingerprint density at radius 1 is 1.45 bits per heavy atom. The summed E-state index contributed by atoms with van der Waals surface area (Å²) in [4.78, 5) is 29.4. The van der Waals surface area contributed by atoms with Gasteiger partial charge in [-0.2, -0.15) is 0 Å². The van der Waals surface area contributed by atoms with Gasteiger partial charge in [0.05, 0.1) is 16.4 Å². The molecular formula is C16H16N2O3S. The van der Waals surface area contributed by atoms with E-state index >= 15 is 0 Å². The molecule has 0 bridgehead atoms. The highest BCUT2D eigenvalue weighted by Crippen LogP contribution is 2.36. The molecule has 3 rings (SSSR count). The Kier molecular flexibility index (Phi) is 3.94. The second-order valence-corrected chi connectivity index (χ2v) is 6.28. The number of thiazole rings is 1. The van der Waals surface area contributed by atoms with E-state index in [2.05, 4.69) is 4.98 Å². The first kappa shape index (κ1) is 14.7. The minimum atomic E-state index is -0.125. The highest BCUT2D eigenvalue weighted by Gasteiger charge is 2.26. The molecule has 0 N–H and O–H groups in total. The van der Waals surface area contributed by atoms with Gasteiger partial charge < -0.3 is 9.64 Å². The van der Waals surface area contributed by atoms with Crippen molar-refractivity contribution in [3.05, 3.63) is 28.6 Å². The van der Waals surface area contributed by atoms with Crippen molar-refractivity contribution >= 4 is 28.7 Å². The van der Waals surface area contributed by atoms with Crippen LogP contribution in [0.3, 0.4) is 0 Å². The topological polar surface area (TPSA) is 59.5 Å². The summed E-state index contributed by atoms with van der Waals surface area (Å²) in [6, 6.07) is 5.69. The highest BCUT2D eigenvalue weighted by atomic mass is 32.1. The van der Waals surface area contributed by atoms with Gasteiger partial charge in [-0.3, -0.25) is 9.59 Å². The van der Waals surface area contributed by atoms with Gasteiger partial charge in [0.15, 0.2) is 6.61 Å². The lowest BCUT2D eigenvalue weighted by Crippen LogP contribution is -2.39. The number of aromatic nitrogens is 1. The number of benzene rings is 1. The van der Waals surface area contributed by atoms with E-state index in [0.717, 1.165) is 16.3 Å². The van der Waals surface area contributed by atoms with E-state index in [1.54, 1.807) is 16.2 Å². The summed E-state index contributed by atoms with van der Waals surface area (Å²) in [5.74, 6) is 0.603. The molecule has 2 aromatic rings. The van der Waals surface area contributed by atoms with Crippen molar-refractivity contribution in [2.24, 2.45) is 0 Å². The average molecular weight is 316 g/mol. The second kappa shape index (κ2) is 5.88. The quantitative estimate of drug-likeness (QED) is 0.870. The second-order valence-electron chi connectivity index (χ2n) is 5.22. The van der Waals surface area contributed by atoms with Gasteiger partial charge in [0, 0.05) is 23.9 Å². The molecule has 1 aromatic carbocycles. The van der Waals surface area contributed by atoms with Crippen LogP contribution in [0.4, 0.5) is 5.69 Å². The Bertz CT molecular complexity index is 739. The molecule has 6 heteroatoms. The molecule has 1 aromatic heterocycles. The van der Waals surface area contributed by atoms with E-state index in [1.165, 1.54) is 6.92 Å². The average Bonchev–Trinajstić information content (AvgIpc) is 2.92. The number of ketones is 1. The Morgan fingerprint density at radius 2 is 2.27 bits per heavy atom. The number of Topliss-reactive ketones (excluding diaryl/α,β-unsaturated/α-hetero) is 1. The van der Waals surface area contributed by atoms with Gasteiger partial charge in [0.25, 0.3) is 5.91 Å². The maximum atomic E-state index is 12.1. The van der Waals surface area contributed by atoms with Gasteiger partial charge >= 0.3 is 0 Å². The SMILES string of the molecule is CC(=O)CCN1C(=O)COc2ccc(-c3csc(C)n3)cc21. The lowest BCUT2D eigenvalue weighted by molar-refractivity contribution is -0.121. The van der Waals surface area contributed by atoms with Gasteiger partial charge in [-0.05, 0) is 32.0 Å². The lowest BCUT2D eigenvalue weighted by Gasteiger charge is -2.29. The molecule has 0 spiro atoms. The number of ether oxygens (including phenoxy) is 1. The van der Waals surface area contributed by atoms with Crippen molar-refractivity contribution < 1.29 is 14.3 Å². The number of amides is 1. The Hall–Kier alpha value is -2.21. The predicted molar refractivity (Wildman–Crippen MR) is 85.4 cm³/mol. The van der Waals surface area contributed by atoms with E-state index in [1.807, 2.05) is 30.5 Å². The van der Waals surface area contributed by atoms with Crippen LogP contribution in [0.5, 0.6) is 5.75 Å². The summed E-state index contributed by atoms with van der Waals surface area (Å²) in [7, 11) is 0. The summed E-state index contributed by atoms with van der Waals surface area (Å²) in [5, 5.41) is 2.98.